The predicted octanol–water partition coefficient (Wildman–Crippen LogP) is 5.86. The number of halogens is 3. The van der Waals surface area contributed by atoms with Gasteiger partial charge in [0.2, 0.25) is 35.4 Å². The van der Waals surface area contributed by atoms with Crippen LogP contribution >= 0.6 is 24.0 Å². The maximum absolute atomic E-state index is 14.8. The Balaban J connectivity index is 0.0000108. The van der Waals surface area contributed by atoms with Gasteiger partial charge in [0, 0.05) is 41.7 Å². The second-order valence-corrected chi connectivity index (χ2v) is 23.5. The van der Waals surface area contributed by atoms with Crippen molar-refractivity contribution in [3.05, 3.63) is 107 Å². The minimum atomic E-state index is -1.28. The summed E-state index contributed by atoms with van der Waals surface area (Å²) in [7, 11) is 6.26. The summed E-state index contributed by atoms with van der Waals surface area (Å²) in [6, 6.07) is 12.7. The van der Waals surface area contributed by atoms with Crippen LogP contribution in [0.4, 0.5) is 21.7 Å². The fourth-order valence-electron chi connectivity index (χ4n) is 11.1. The van der Waals surface area contributed by atoms with Crippen LogP contribution in [0.5, 0.6) is 17.2 Å². The molecular weight excluding hydrogens is 1160 g/mol. The van der Waals surface area contributed by atoms with Crippen LogP contribution in [0.25, 0.3) is 21.8 Å². The second-order valence-electron chi connectivity index (χ2n) is 23.1. The third-order valence-electron chi connectivity index (χ3n) is 16.1. The quantitative estimate of drug-likeness (QED) is 0.0352. The van der Waals surface area contributed by atoms with E-state index in [0.717, 1.165) is 0 Å². The van der Waals surface area contributed by atoms with Gasteiger partial charge >= 0.3 is 0 Å². The van der Waals surface area contributed by atoms with Crippen molar-refractivity contribution >= 4 is 98.6 Å². The van der Waals surface area contributed by atoms with Crippen LogP contribution in [0.3, 0.4) is 0 Å². The van der Waals surface area contributed by atoms with Crippen LogP contribution < -0.4 is 57.2 Å². The Morgan fingerprint density at radius 2 is 1.18 bits per heavy atom. The summed E-state index contributed by atoms with van der Waals surface area (Å²) in [4.78, 5) is 103. The van der Waals surface area contributed by atoms with E-state index in [1.807, 2.05) is 6.07 Å². The van der Waals surface area contributed by atoms with Gasteiger partial charge in [0.15, 0.2) is 0 Å². The first kappa shape index (κ1) is 66.7. The van der Waals surface area contributed by atoms with Crippen LogP contribution in [-0.2, 0) is 48.2 Å². The van der Waals surface area contributed by atoms with Gasteiger partial charge in [0.25, 0.3) is 0 Å². The van der Waals surface area contributed by atoms with Crippen molar-refractivity contribution in [2.24, 2.45) is 10.8 Å². The maximum Gasteiger partial charge on any atom is 0.249 e. The molecule has 0 saturated carbocycles. The van der Waals surface area contributed by atoms with E-state index in [1.54, 1.807) is 114 Å². The third-order valence-corrected chi connectivity index (χ3v) is 16.4. The summed E-state index contributed by atoms with van der Waals surface area (Å²) in [6.07, 6.45) is 4.89. The van der Waals surface area contributed by atoms with Gasteiger partial charge in [-0.25, -0.2) is 34.3 Å². The molecule has 4 aromatic carbocycles. The normalized spacial score (nSPS) is 16.9. The average molecular weight is 1240 g/mol. The number of imide groups is 2. The molecule has 9 N–H and O–H groups in total. The fraction of sp³-hybridized carbons (Fsp3) is 0.443. The molecule has 2 fully saturated rings. The van der Waals surface area contributed by atoms with Crippen molar-refractivity contribution in [1.29, 1.82) is 0 Å². The molecule has 8 rings (SSSR count). The van der Waals surface area contributed by atoms with Crippen molar-refractivity contribution in [3.63, 3.8) is 0 Å². The number of likely N-dealkylation sites (N-methyl/N-ethyl adjacent to an activating group) is 2. The number of nitrogen functional groups attached to an aromatic ring is 1. The number of amides is 6. The molecule has 23 nitrogen and oxygen atoms in total. The zero-order chi connectivity index (χ0) is 62.2. The molecule has 0 bridgehead atoms. The standard InChI is InChI=1S/C61H76ClFN14O9.ClH/c1-33(65-7)54(78)72-50(60(3,4)28-36-23-40-43(26-48(36)84-9)67-31-69-52(40)64)58(82)74-56(80)45-16-12-20-76(45)77-21-13-17-46(77)57(81)75-59(83)51(73-55(79)34(2)66-8)61(5,6)29-37-24-41-44(27-49(37)85-10)68-32-70-53(41)71-39-18-19-47(42(62)25-39)86-30-35-14-11-15-38(63)22-35;/h11,14-15,18-19,22-27,31-34,45-46,50-51,65-66H,12-13,16-17,20-21,28-30H2,1-10H3,(H,72,78)(H,73,79)(H2,64,67,69)(H,68,70,71)(H,74,80,82)(H,75,81,83);1H/t33-,34-,45-,46-,50+,51+;/m0./s1. The average Bonchev–Trinajstić information content (AvgIpc) is 2.30. The molecule has 0 spiro atoms. The summed E-state index contributed by atoms with van der Waals surface area (Å²) in [5.74, 6) is -2.05. The molecule has 6 amide bonds. The van der Waals surface area contributed by atoms with E-state index >= 15 is 0 Å². The molecule has 2 aliphatic heterocycles. The number of carbonyl (C=O) groups is 6. The maximum atomic E-state index is 14.8. The number of methoxy groups -OCH3 is 2. The lowest BCUT2D eigenvalue weighted by atomic mass is 9.77. The molecule has 466 valence electrons. The lowest BCUT2D eigenvalue weighted by molar-refractivity contribution is -0.148. The van der Waals surface area contributed by atoms with Gasteiger partial charge in [-0.05, 0) is 136 Å². The number of nitrogens with one attached hydrogen (secondary N) is 7. The number of benzene rings is 4. The molecule has 2 saturated heterocycles. The summed E-state index contributed by atoms with van der Waals surface area (Å²) in [5.41, 5.74) is 7.71. The number of aromatic nitrogens is 4. The zero-order valence-corrected chi connectivity index (χ0v) is 52.0. The minimum absolute atomic E-state index is 0. The van der Waals surface area contributed by atoms with E-state index in [9.17, 15) is 33.2 Å². The van der Waals surface area contributed by atoms with Gasteiger partial charge in [0.05, 0.1) is 42.4 Å². The lowest BCUT2D eigenvalue weighted by Crippen LogP contribution is -2.62. The third kappa shape index (κ3) is 15.6. The smallest absolute Gasteiger partial charge is 0.249 e. The van der Waals surface area contributed by atoms with Crippen LogP contribution in [0.15, 0.2) is 79.4 Å². The van der Waals surface area contributed by atoms with Crippen molar-refractivity contribution in [1.82, 2.24) is 61.9 Å². The molecule has 0 aliphatic carbocycles. The molecule has 0 radical (unpaired) electrons. The summed E-state index contributed by atoms with van der Waals surface area (Å²) in [5, 5.41) is 25.2. The van der Waals surface area contributed by atoms with Crippen LogP contribution in [0.2, 0.25) is 5.02 Å². The number of ether oxygens (including phenoxy) is 3. The van der Waals surface area contributed by atoms with E-state index < -0.39 is 82.5 Å². The Morgan fingerprint density at radius 1 is 0.678 bits per heavy atom. The van der Waals surface area contributed by atoms with Gasteiger partial charge in [-0.1, -0.05) is 51.4 Å². The van der Waals surface area contributed by atoms with E-state index in [1.165, 1.54) is 39.0 Å². The number of nitrogens with zero attached hydrogens (tertiary/aromatic N) is 6. The Kier molecular flexibility index (Phi) is 22.0. The van der Waals surface area contributed by atoms with Crippen molar-refractivity contribution in [2.75, 3.05) is 52.5 Å². The number of anilines is 3. The van der Waals surface area contributed by atoms with E-state index in [2.05, 4.69) is 57.2 Å². The predicted molar refractivity (Wildman–Crippen MR) is 331 cm³/mol. The monoisotopic (exact) mass is 1240 g/mol. The van der Waals surface area contributed by atoms with E-state index in [0.29, 0.717) is 111 Å². The highest BCUT2D eigenvalue weighted by Crippen LogP contribution is 2.38. The number of rotatable bonds is 24. The van der Waals surface area contributed by atoms with E-state index in [-0.39, 0.29) is 43.5 Å². The van der Waals surface area contributed by atoms with Gasteiger partial charge < -0.3 is 46.5 Å². The second kappa shape index (κ2) is 28.8. The molecule has 2 aromatic heterocycles. The number of hydrogen-bond acceptors (Lipinski definition) is 19. The van der Waals surface area contributed by atoms with Crippen LogP contribution in [0, 0.1) is 16.6 Å². The molecule has 26 heteroatoms. The summed E-state index contributed by atoms with van der Waals surface area (Å²) < 4.78 is 31.3. The highest BCUT2D eigenvalue weighted by atomic mass is 35.5. The first-order valence-electron chi connectivity index (χ1n) is 28.5. The number of carbonyl (C=O) groups excluding carboxylic acids is 6. The molecule has 2 aliphatic rings. The number of fused-ring (bicyclic) bond motifs is 2. The minimum Gasteiger partial charge on any atom is -0.496 e. The Hall–Kier alpha value is -7.87. The van der Waals surface area contributed by atoms with E-state index in [4.69, 9.17) is 31.5 Å². The first-order valence-corrected chi connectivity index (χ1v) is 28.8. The number of hydrogen-bond donors (Lipinski definition) is 8. The Morgan fingerprint density at radius 3 is 1.68 bits per heavy atom. The first-order chi connectivity index (χ1) is 40.9. The molecule has 6 atom stereocenters. The summed E-state index contributed by atoms with van der Waals surface area (Å²) in [6.45, 7) is 11.4. The van der Waals surface area contributed by atoms with Gasteiger partial charge in [-0.2, -0.15) is 0 Å². The fourth-order valence-corrected chi connectivity index (χ4v) is 11.3. The SMILES string of the molecule is CN[C@@H](C)C(=O)N[C@H](C(=O)NC(=O)[C@@H]1CCCN1N1CCC[C@H]1C(=O)NC(=O)[C@@H](NC(=O)[C@H](C)NC)C(C)(C)Cc1cc2c(Nc3ccc(OCc4cccc(F)c4)c(Cl)c3)ncnc2cc1OC)C(C)(C)Cc1cc2c(N)ncnc2cc1OC.Cl. The van der Waals surface area contributed by atoms with Gasteiger partial charge in [-0.3, -0.25) is 39.4 Å². The van der Waals surface area contributed by atoms with Crippen molar-refractivity contribution in [3.8, 4) is 17.2 Å². The highest BCUT2D eigenvalue weighted by molar-refractivity contribution is 6.32. The lowest BCUT2D eigenvalue weighted by Gasteiger charge is -2.38. The molecule has 0 unspecified atom stereocenters. The van der Waals surface area contributed by atoms with Crippen LogP contribution in [-0.4, -0.2) is 143 Å². The van der Waals surface area contributed by atoms with Crippen molar-refractivity contribution < 1.29 is 47.4 Å². The largest absolute Gasteiger partial charge is 0.496 e. The highest BCUT2D eigenvalue weighted by Gasteiger charge is 2.46. The molecular formula is C61H77Cl2FN14O9. The molecule has 87 heavy (non-hydrogen) atoms. The topological polar surface area (TPSA) is 298 Å². The Bertz CT molecular complexity index is 3520. The Labute approximate surface area is 515 Å². The zero-order valence-electron chi connectivity index (χ0n) is 50.4. The van der Waals surface area contributed by atoms with Gasteiger partial charge in [0.1, 0.15) is 78.1 Å². The molecule has 4 heterocycles. The number of nitrogens with two attached hydrogens (primary N) is 1. The summed E-state index contributed by atoms with van der Waals surface area (Å²) >= 11 is 6.66. The van der Waals surface area contributed by atoms with Crippen molar-refractivity contribution in [2.45, 2.75) is 123 Å². The number of hydrazine groups is 1. The van der Waals surface area contributed by atoms with Crippen LogP contribution in [0.1, 0.15) is 83.9 Å². The van der Waals surface area contributed by atoms with Gasteiger partial charge in [-0.15, -0.1) is 12.4 Å². The molecule has 6 aromatic rings.